The van der Waals surface area contributed by atoms with Gasteiger partial charge in [-0.3, -0.25) is 0 Å². The summed E-state index contributed by atoms with van der Waals surface area (Å²) in [5, 5.41) is 4.40. The zero-order chi connectivity index (χ0) is 11.7. The summed E-state index contributed by atoms with van der Waals surface area (Å²) in [6, 6.07) is 0. The maximum Gasteiger partial charge on any atom is 0.214 e. The van der Waals surface area contributed by atoms with Gasteiger partial charge in [0.2, 0.25) is 10.0 Å². The molecular weight excluding hydrogens is 218 g/mol. The van der Waals surface area contributed by atoms with Gasteiger partial charge in [0.1, 0.15) is 0 Å². The van der Waals surface area contributed by atoms with Crippen molar-refractivity contribution in [1.29, 1.82) is 0 Å². The lowest BCUT2D eigenvalue weighted by atomic mass is 10.2. The third-order valence-electron chi connectivity index (χ3n) is 1.89. The SMILES string of the molecule is C=CCCC(COCCOC)S(N)(=O)=O. The average molecular weight is 237 g/mol. The van der Waals surface area contributed by atoms with Crippen LogP contribution in [-0.2, 0) is 19.5 Å². The molecule has 0 spiro atoms. The highest BCUT2D eigenvalue weighted by Gasteiger charge is 2.20. The van der Waals surface area contributed by atoms with E-state index in [0.717, 1.165) is 0 Å². The van der Waals surface area contributed by atoms with Crippen LogP contribution in [0.1, 0.15) is 12.8 Å². The number of rotatable bonds is 9. The second kappa shape index (κ2) is 7.81. The topological polar surface area (TPSA) is 78.6 Å². The third-order valence-corrected chi connectivity index (χ3v) is 3.19. The second-order valence-corrected chi connectivity index (χ2v) is 4.99. The summed E-state index contributed by atoms with van der Waals surface area (Å²) < 4.78 is 32.2. The van der Waals surface area contributed by atoms with E-state index in [2.05, 4.69) is 6.58 Å². The molecule has 0 radical (unpaired) electrons. The molecule has 0 aliphatic heterocycles. The minimum absolute atomic E-state index is 0.107. The molecule has 0 aromatic carbocycles. The van der Waals surface area contributed by atoms with Crippen molar-refractivity contribution in [2.75, 3.05) is 26.9 Å². The van der Waals surface area contributed by atoms with E-state index < -0.39 is 15.3 Å². The Morgan fingerprint density at radius 2 is 2.13 bits per heavy atom. The summed E-state index contributed by atoms with van der Waals surface area (Å²) in [5.41, 5.74) is 0. The van der Waals surface area contributed by atoms with E-state index in [0.29, 0.717) is 26.1 Å². The molecule has 0 amide bonds. The highest BCUT2D eigenvalue weighted by atomic mass is 32.2. The van der Waals surface area contributed by atoms with Crippen molar-refractivity contribution in [2.45, 2.75) is 18.1 Å². The van der Waals surface area contributed by atoms with Crippen LogP contribution >= 0.6 is 0 Å². The van der Waals surface area contributed by atoms with Crippen LogP contribution in [0, 0.1) is 0 Å². The van der Waals surface area contributed by atoms with Crippen LogP contribution in [0.15, 0.2) is 12.7 Å². The Morgan fingerprint density at radius 1 is 1.47 bits per heavy atom. The largest absolute Gasteiger partial charge is 0.382 e. The number of hydrogen-bond donors (Lipinski definition) is 1. The molecule has 0 saturated heterocycles. The third kappa shape index (κ3) is 7.49. The average Bonchev–Trinajstić information content (AvgIpc) is 2.15. The first-order chi connectivity index (χ1) is 7.02. The van der Waals surface area contributed by atoms with Gasteiger partial charge in [0, 0.05) is 7.11 Å². The number of hydrogen-bond acceptors (Lipinski definition) is 4. The Morgan fingerprint density at radius 3 is 2.60 bits per heavy atom. The molecule has 0 aliphatic rings. The van der Waals surface area contributed by atoms with Gasteiger partial charge in [0.15, 0.2) is 0 Å². The van der Waals surface area contributed by atoms with Gasteiger partial charge in [0.05, 0.1) is 25.1 Å². The fourth-order valence-electron chi connectivity index (χ4n) is 1.00. The molecular formula is C9H19NO4S. The summed E-state index contributed by atoms with van der Waals surface area (Å²) in [4.78, 5) is 0. The number of primary sulfonamides is 1. The standard InChI is InChI=1S/C9H19NO4S/c1-3-4-5-9(15(10,11)12)8-14-7-6-13-2/h3,9H,1,4-8H2,2H3,(H2,10,11,12). The summed E-state index contributed by atoms with van der Waals surface area (Å²) >= 11 is 0. The first-order valence-electron chi connectivity index (χ1n) is 4.71. The Hall–Kier alpha value is -0.430. The molecule has 0 fully saturated rings. The van der Waals surface area contributed by atoms with E-state index in [-0.39, 0.29) is 6.61 Å². The molecule has 5 nitrogen and oxygen atoms in total. The molecule has 0 heterocycles. The molecule has 1 unspecified atom stereocenters. The van der Waals surface area contributed by atoms with Crippen molar-refractivity contribution in [3.05, 3.63) is 12.7 Å². The van der Waals surface area contributed by atoms with E-state index in [1.807, 2.05) is 0 Å². The van der Waals surface area contributed by atoms with Crippen molar-refractivity contribution in [1.82, 2.24) is 0 Å². The molecule has 0 aromatic heterocycles. The Bertz CT molecular complexity index is 263. The summed E-state index contributed by atoms with van der Waals surface area (Å²) in [6.45, 7) is 4.45. The van der Waals surface area contributed by atoms with Gasteiger partial charge in [-0.05, 0) is 12.8 Å². The number of ether oxygens (including phenoxy) is 2. The fraction of sp³-hybridized carbons (Fsp3) is 0.778. The fourth-order valence-corrected chi connectivity index (χ4v) is 1.75. The Kier molecular flexibility index (Phi) is 7.59. The minimum Gasteiger partial charge on any atom is -0.382 e. The van der Waals surface area contributed by atoms with Gasteiger partial charge in [-0.25, -0.2) is 13.6 Å². The zero-order valence-electron chi connectivity index (χ0n) is 9.02. The number of methoxy groups -OCH3 is 1. The lowest BCUT2D eigenvalue weighted by Crippen LogP contribution is -2.33. The minimum atomic E-state index is -3.54. The van der Waals surface area contributed by atoms with Gasteiger partial charge in [-0.1, -0.05) is 6.08 Å². The van der Waals surface area contributed by atoms with Gasteiger partial charge < -0.3 is 9.47 Å². The molecule has 1 atom stereocenters. The van der Waals surface area contributed by atoms with Crippen molar-refractivity contribution < 1.29 is 17.9 Å². The second-order valence-electron chi connectivity index (χ2n) is 3.14. The monoisotopic (exact) mass is 237 g/mol. The molecule has 0 saturated carbocycles. The van der Waals surface area contributed by atoms with Crippen LogP contribution in [-0.4, -0.2) is 40.6 Å². The normalized spacial score (nSPS) is 13.7. The lowest BCUT2D eigenvalue weighted by Gasteiger charge is -2.13. The quantitative estimate of drug-likeness (QED) is 0.461. The summed E-state index contributed by atoms with van der Waals surface area (Å²) in [6.07, 6.45) is 2.71. The Labute approximate surface area is 91.3 Å². The van der Waals surface area contributed by atoms with Crippen LogP contribution in [0.2, 0.25) is 0 Å². The molecule has 0 aliphatic carbocycles. The predicted molar refractivity (Wildman–Crippen MR) is 59.0 cm³/mol. The van der Waals surface area contributed by atoms with E-state index in [1.54, 1.807) is 13.2 Å². The van der Waals surface area contributed by atoms with Crippen molar-refractivity contribution >= 4 is 10.0 Å². The maximum absolute atomic E-state index is 11.1. The molecule has 0 rings (SSSR count). The first-order valence-corrected chi connectivity index (χ1v) is 6.32. The van der Waals surface area contributed by atoms with Gasteiger partial charge in [-0.15, -0.1) is 6.58 Å². The van der Waals surface area contributed by atoms with E-state index in [9.17, 15) is 8.42 Å². The van der Waals surface area contributed by atoms with Crippen LogP contribution in [0.4, 0.5) is 0 Å². The summed E-state index contributed by atoms with van der Waals surface area (Å²) in [7, 11) is -1.98. The smallest absolute Gasteiger partial charge is 0.214 e. The van der Waals surface area contributed by atoms with Crippen LogP contribution in [0.3, 0.4) is 0 Å². The van der Waals surface area contributed by atoms with Gasteiger partial charge >= 0.3 is 0 Å². The van der Waals surface area contributed by atoms with Crippen LogP contribution in [0.25, 0.3) is 0 Å². The summed E-state index contributed by atoms with van der Waals surface area (Å²) in [5.74, 6) is 0. The highest BCUT2D eigenvalue weighted by Crippen LogP contribution is 2.06. The van der Waals surface area contributed by atoms with Crippen LogP contribution < -0.4 is 5.14 Å². The number of sulfonamides is 1. The van der Waals surface area contributed by atoms with Gasteiger partial charge in [-0.2, -0.15) is 0 Å². The van der Waals surface area contributed by atoms with E-state index in [4.69, 9.17) is 14.6 Å². The highest BCUT2D eigenvalue weighted by molar-refractivity contribution is 7.89. The molecule has 6 heteroatoms. The molecule has 15 heavy (non-hydrogen) atoms. The van der Waals surface area contributed by atoms with E-state index in [1.165, 1.54) is 0 Å². The predicted octanol–water partition coefficient (Wildman–Crippen LogP) is 0.273. The van der Waals surface area contributed by atoms with Crippen LogP contribution in [0.5, 0.6) is 0 Å². The number of nitrogens with two attached hydrogens (primary N) is 1. The van der Waals surface area contributed by atoms with Crippen molar-refractivity contribution in [2.24, 2.45) is 5.14 Å². The van der Waals surface area contributed by atoms with Crippen molar-refractivity contribution in [3.8, 4) is 0 Å². The molecule has 90 valence electrons. The molecule has 2 N–H and O–H groups in total. The maximum atomic E-state index is 11.1. The molecule has 0 bridgehead atoms. The van der Waals surface area contributed by atoms with Crippen molar-refractivity contribution in [3.63, 3.8) is 0 Å². The zero-order valence-corrected chi connectivity index (χ0v) is 9.83. The number of allylic oxidation sites excluding steroid dienone is 1. The first kappa shape index (κ1) is 14.6. The van der Waals surface area contributed by atoms with Gasteiger partial charge in [0.25, 0.3) is 0 Å². The molecule has 0 aromatic rings. The van der Waals surface area contributed by atoms with E-state index >= 15 is 0 Å². The Balaban J connectivity index is 3.97. The lowest BCUT2D eigenvalue weighted by molar-refractivity contribution is 0.0699.